The molecule has 17 heavy (non-hydrogen) atoms. The normalized spacial score (nSPS) is 10.7. The lowest BCUT2D eigenvalue weighted by atomic mass is 10.0. The summed E-state index contributed by atoms with van der Waals surface area (Å²) in [5.74, 6) is -0.889. The van der Waals surface area contributed by atoms with Gasteiger partial charge in [-0.25, -0.2) is 4.79 Å². The van der Waals surface area contributed by atoms with Crippen molar-refractivity contribution in [2.45, 2.75) is 26.7 Å². The van der Waals surface area contributed by atoms with Gasteiger partial charge in [-0.1, -0.05) is 19.9 Å². The van der Waals surface area contributed by atoms with Crippen LogP contribution in [0.4, 0.5) is 0 Å². The van der Waals surface area contributed by atoms with Gasteiger partial charge in [0.2, 0.25) is 0 Å². The molecule has 0 unspecified atom stereocenters. The summed E-state index contributed by atoms with van der Waals surface area (Å²) in [6.45, 7) is 4.02. The van der Waals surface area contributed by atoms with E-state index in [2.05, 4.69) is 11.9 Å². The quantitative estimate of drug-likeness (QED) is 0.880. The number of carboxylic acid groups (broad SMARTS) is 1. The van der Waals surface area contributed by atoms with E-state index in [-0.39, 0.29) is 0 Å². The molecule has 2 aromatic rings. The van der Waals surface area contributed by atoms with E-state index in [0.29, 0.717) is 5.56 Å². The fraction of sp³-hybridized carbons (Fsp3) is 0.286. The van der Waals surface area contributed by atoms with Crippen LogP contribution in [0.2, 0.25) is 0 Å². The largest absolute Gasteiger partial charge is 0.478 e. The topological polar surface area (TPSA) is 50.2 Å². The summed E-state index contributed by atoms with van der Waals surface area (Å²) in [5, 5.41) is 9.97. The number of hydrogen-bond acceptors (Lipinski definition) is 2. The van der Waals surface area contributed by atoms with Crippen LogP contribution in [0.1, 0.15) is 35.5 Å². The van der Waals surface area contributed by atoms with E-state index >= 15 is 0 Å². The lowest BCUT2D eigenvalue weighted by molar-refractivity contribution is 0.0699. The monoisotopic (exact) mass is 229 g/mol. The Hall–Kier alpha value is -1.90. The first-order valence-corrected chi connectivity index (χ1v) is 5.81. The van der Waals surface area contributed by atoms with Gasteiger partial charge in [0.15, 0.2) is 0 Å². The SMILES string of the molecule is CCc1ccc2nc(CC)cc(C(=O)O)c2c1. The van der Waals surface area contributed by atoms with E-state index in [4.69, 9.17) is 0 Å². The van der Waals surface area contributed by atoms with E-state index in [0.717, 1.165) is 35.0 Å². The molecule has 0 amide bonds. The molecule has 0 saturated carbocycles. The molecule has 1 N–H and O–H groups in total. The molecular formula is C14H15NO2. The average Bonchev–Trinajstić information content (AvgIpc) is 2.36. The van der Waals surface area contributed by atoms with Gasteiger partial charge in [-0.2, -0.15) is 0 Å². The van der Waals surface area contributed by atoms with Crippen molar-refractivity contribution in [3.63, 3.8) is 0 Å². The molecule has 0 bridgehead atoms. The molecule has 0 spiro atoms. The van der Waals surface area contributed by atoms with Crippen molar-refractivity contribution in [3.8, 4) is 0 Å². The minimum absolute atomic E-state index is 0.349. The van der Waals surface area contributed by atoms with Crippen molar-refractivity contribution in [3.05, 3.63) is 41.1 Å². The van der Waals surface area contributed by atoms with Crippen LogP contribution in [0.25, 0.3) is 10.9 Å². The van der Waals surface area contributed by atoms with Gasteiger partial charge in [0.1, 0.15) is 0 Å². The van der Waals surface area contributed by atoms with Crippen LogP contribution in [0.5, 0.6) is 0 Å². The van der Waals surface area contributed by atoms with Gasteiger partial charge in [0.25, 0.3) is 0 Å². The van der Waals surface area contributed by atoms with Crippen molar-refractivity contribution in [2.24, 2.45) is 0 Å². The Morgan fingerprint density at radius 1 is 1.24 bits per heavy atom. The Bertz CT molecular complexity index is 576. The number of aromatic carboxylic acids is 1. The molecule has 0 atom stereocenters. The fourth-order valence-electron chi connectivity index (χ4n) is 1.91. The van der Waals surface area contributed by atoms with Crippen molar-refractivity contribution in [2.75, 3.05) is 0 Å². The molecular weight excluding hydrogens is 214 g/mol. The summed E-state index contributed by atoms with van der Waals surface area (Å²) in [5.41, 5.74) is 3.06. The maximum Gasteiger partial charge on any atom is 0.336 e. The molecule has 1 heterocycles. The van der Waals surface area contributed by atoms with E-state index in [1.807, 2.05) is 25.1 Å². The smallest absolute Gasteiger partial charge is 0.336 e. The summed E-state index contributed by atoms with van der Waals surface area (Å²) < 4.78 is 0. The first-order chi connectivity index (χ1) is 8.15. The summed E-state index contributed by atoms with van der Waals surface area (Å²) in [6.07, 6.45) is 1.64. The zero-order chi connectivity index (χ0) is 12.4. The van der Waals surface area contributed by atoms with Gasteiger partial charge in [0.05, 0.1) is 11.1 Å². The van der Waals surface area contributed by atoms with Gasteiger partial charge >= 0.3 is 5.97 Å². The summed E-state index contributed by atoms with van der Waals surface area (Å²) in [6, 6.07) is 7.50. The molecule has 0 aliphatic carbocycles. The van der Waals surface area contributed by atoms with E-state index in [1.54, 1.807) is 6.07 Å². The van der Waals surface area contributed by atoms with Crippen molar-refractivity contribution in [1.82, 2.24) is 4.98 Å². The molecule has 1 aromatic carbocycles. The third-order valence-corrected chi connectivity index (χ3v) is 2.93. The second-order valence-electron chi connectivity index (χ2n) is 4.02. The van der Waals surface area contributed by atoms with E-state index in [1.165, 1.54) is 0 Å². The van der Waals surface area contributed by atoms with Crippen LogP contribution in [-0.2, 0) is 12.8 Å². The molecule has 1 aromatic heterocycles. The highest BCUT2D eigenvalue weighted by molar-refractivity contribution is 6.02. The second-order valence-corrected chi connectivity index (χ2v) is 4.02. The molecule has 3 nitrogen and oxygen atoms in total. The van der Waals surface area contributed by atoms with Crippen LogP contribution in [0, 0.1) is 0 Å². The summed E-state index contributed by atoms with van der Waals surface area (Å²) in [7, 11) is 0. The van der Waals surface area contributed by atoms with Crippen molar-refractivity contribution >= 4 is 16.9 Å². The molecule has 0 radical (unpaired) electrons. The highest BCUT2D eigenvalue weighted by Crippen LogP contribution is 2.21. The average molecular weight is 229 g/mol. The lowest BCUT2D eigenvalue weighted by Gasteiger charge is -2.07. The number of fused-ring (bicyclic) bond motifs is 1. The Morgan fingerprint density at radius 3 is 2.59 bits per heavy atom. The van der Waals surface area contributed by atoms with E-state index < -0.39 is 5.97 Å². The molecule has 0 aliphatic heterocycles. The van der Waals surface area contributed by atoms with Crippen LogP contribution in [0.3, 0.4) is 0 Å². The van der Waals surface area contributed by atoms with Gasteiger partial charge in [0, 0.05) is 11.1 Å². The number of carbonyl (C=O) groups is 1. The van der Waals surface area contributed by atoms with Gasteiger partial charge < -0.3 is 5.11 Å². The number of benzene rings is 1. The fourth-order valence-corrected chi connectivity index (χ4v) is 1.91. The minimum atomic E-state index is -0.889. The number of pyridine rings is 1. The molecule has 0 saturated heterocycles. The number of hydrogen-bond donors (Lipinski definition) is 1. The highest BCUT2D eigenvalue weighted by Gasteiger charge is 2.11. The maximum absolute atomic E-state index is 11.3. The molecule has 0 aliphatic rings. The molecule has 0 fully saturated rings. The van der Waals surface area contributed by atoms with Crippen molar-refractivity contribution in [1.29, 1.82) is 0 Å². The predicted octanol–water partition coefficient (Wildman–Crippen LogP) is 3.06. The Kier molecular flexibility index (Phi) is 3.09. The van der Waals surface area contributed by atoms with Gasteiger partial charge in [-0.3, -0.25) is 4.98 Å². The van der Waals surface area contributed by atoms with Gasteiger partial charge in [-0.15, -0.1) is 0 Å². The Labute approximate surface area is 100 Å². The zero-order valence-corrected chi connectivity index (χ0v) is 10.0. The van der Waals surface area contributed by atoms with Crippen LogP contribution >= 0.6 is 0 Å². The summed E-state index contributed by atoms with van der Waals surface area (Å²) >= 11 is 0. The molecule has 88 valence electrons. The Balaban J connectivity index is 2.77. The number of aryl methyl sites for hydroxylation is 2. The van der Waals surface area contributed by atoms with Crippen molar-refractivity contribution < 1.29 is 9.90 Å². The number of carboxylic acids is 1. The second kappa shape index (κ2) is 4.53. The van der Waals surface area contributed by atoms with Gasteiger partial charge in [-0.05, 0) is 36.6 Å². The zero-order valence-electron chi connectivity index (χ0n) is 10.0. The number of nitrogens with zero attached hydrogens (tertiary/aromatic N) is 1. The van der Waals surface area contributed by atoms with Crippen LogP contribution < -0.4 is 0 Å². The summed E-state index contributed by atoms with van der Waals surface area (Å²) in [4.78, 5) is 15.7. The van der Waals surface area contributed by atoms with Crippen LogP contribution in [-0.4, -0.2) is 16.1 Å². The van der Waals surface area contributed by atoms with E-state index in [9.17, 15) is 9.90 Å². The highest BCUT2D eigenvalue weighted by atomic mass is 16.4. The minimum Gasteiger partial charge on any atom is -0.478 e. The standard InChI is InChI=1S/C14H15NO2/c1-3-9-5-6-13-11(7-9)12(14(16)17)8-10(4-2)15-13/h5-8H,3-4H2,1-2H3,(H,16,17). The Morgan fingerprint density at radius 2 is 2.00 bits per heavy atom. The first-order valence-electron chi connectivity index (χ1n) is 5.81. The third kappa shape index (κ3) is 2.13. The number of rotatable bonds is 3. The molecule has 2 rings (SSSR count). The third-order valence-electron chi connectivity index (χ3n) is 2.93. The lowest BCUT2D eigenvalue weighted by Crippen LogP contribution is -2.02. The first kappa shape index (κ1) is 11.6. The van der Waals surface area contributed by atoms with Crippen LogP contribution in [0.15, 0.2) is 24.3 Å². The maximum atomic E-state index is 11.3. The molecule has 3 heteroatoms. The number of aromatic nitrogens is 1. The predicted molar refractivity (Wildman–Crippen MR) is 67.5 cm³/mol.